The van der Waals surface area contributed by atoms with E-state index in [-0.39, 0.29) is 0 Å². The first-order valence-corrected chi connectivity index (χ1v) is 11.8. The second kappa shape index (κ2) is 7.93. The van der Waals surface area contributed by atoms with Crippen molar-refractivity contribution in [3.8, 4) is 28.1 Å². The Hall–Kier alpha value is -4.76. The molecule has 0 saturated carbocycles. The van der Waals surface area contributed by atoms with Gasteiger partial charge in [0.25, 0.3) is 0 Å². The third-order valence-electron chi connectivity index (χ3n) is 6.67. The summed E-state index contributed by atoms with van der Waals surface area (Å²) in [6.07, 6.45) is 1.85. The van der Waals surface area contributed by atoms with Gasteiger partial charge >= 0.3 is 0 Å². The molecule has 7 rings (SSSR count). The van der Waals surface area contributed by atoms with Gasteiger partial charge in [-0.25, -0.2) is 4.98 Å². The van der Waals surface area contributed by atoms with E-state index in [1.807, 2.05) is 30.5 Å². The van der Waals surface area contributed by atoms with Gasteiger partial charge in [0.2, 0.25) is 0 Å². The van der Waals surface area contributed by atoms with Gasteiger partial charge in [0, 0.05) is 22.0 Å². The van der Waals surface area contributed by atoms with E-state index in [0.717, 1.165) is 28.0 Å². The Morgan fingerprint density at radius 1 is 0.457 bits per heavy atom. The molecular formula is C32H21N3. The smallest absolute Gasteiger partial charge is 0.0894 e. The Balaban J connectivity index is 1.24. The predicted molar refractivity (Wildman–Crippen MR) is 145 cm³/mol. The van der Waals surface area contributed by atoms with E-state index < -0.39 is 0 Å². The number of hydrogen-bond acceptors (Lipinski definition) is 2. The molecule has 3 nitrogen and oxygen atoms in total. The molecule has 0 spiro atoms. The minimum atomic E-state index is 0.886. The first kappa shape index (κ1) is 19.7. The van der Waals surface area contributed by atoms with Crippen molar-refractivity contribution in [1.29, 1.82) is 0 Å². The van der Waals surface area contributed by atoms with Crippen molar-refractivity contribution >= 4 is 32.8 Å². The van der Waals surface area contributed by atoms with Crippen LogP contribution in [0.5, 0.6) is 0 Å². The standard InChI is InChI=1S/C32H21N3/c1-5-11-31-26(7-1)27-8-2-6-12-32(27)35(31)25-19-17-23(18-20-25)22-13-15-24(16-14-22)30-21-33-28-9-3-4-10-29(28)34-30/h1-21H. The zero-order valence-corrected chi connectivity index (χ0v) is 19.0. The minimum Gasteiger partial charge on any atom is -0.309 e. The highest BCUT2D eigenvalue weighted by Gasteiger charge is 2.11. The summed E-state index contributed by atoms with van der Waals surface area (Å²) in [5.74, 6) is 0. The van der Waals surface area contributed by atoms with Crippen LogP contribution in [0.25, 0.3) is 60.9 Å². The Labute approximate surface area is 203 Å². The zero-order valence-electron chi connectivity index (χ0n) is 19.0. The van der Waals surface area contributed by atoms with Crippen molar-refractivity contribution in [3.05, 3.63) is 128 Å². The fourth-order valence-corrected chi connectivity index (χ4v) is 4.93. The zero-order chi connectivity index (χ0) is 23.2. The van der Waals surface area contributed by atoms with Gasteiger partial charge in [-0.3, -0.25) is 4.98 Å². The molecule has 0 aliphatic carbocycles. The Morgan fingerprint density at radius 3 is 1.63 bits per heavy atom. The van der Waals surface area contributed by atoms with Crippen LogP contribution in [0.1, 0.15) is 0 Å². The molecule has 0 aliphatic heterocycles. The normalized spacial score (nSPS) is 11.4. The Bertz CT molecular complexity index is 1770. The van der Waals surface area contributed by atoms with Crippen LogP contribution in [0.4, 0.5) is 0 Å². The van der Waals surface area contributed by atoms with Gasteiger partial charge in [-0.05, 0) is 47.5 Å². The van der Waals surface area contributed by atoms with Crippen LogP contribution in [-0.4, -0.2) is 14.5 Å². The first-order valence-electron chi connectivity index (χ1n) is 11.8. The molecule has 0 amide bonds. The van der Waals surface area contributed by atoms with Crippen LogP contribution >= 0.6 is 0 Å². The molecule has 2 aromatic heterocycles. The Kier molecular flexibility index (Phi) is 4.46. The van der Waals surface area contributed by atoms with Gasteiger partial charge in [-0.2, -0.15) is 0 Å². The van der Waals surface area contributed by atoms with Gasteiger partial charge in [0.05, 0.1) is 34.0 Å². The predicted octanol–water partition coefficient (Wildman–Crippen LogP) is 8.06. The lowest BCUT2D eigenvalue weighted by atomic mass is 10.0. The fourth-order valence-electron chi connectivity index (χ4n) is 4.93. The molecule has 0 atom stereocenters. The quantitative estimate of drug-likeness (QED) is 0.274. The van der Waals surface area contributed by atoms with Crippen LogP contribution in [0.2, 0.25) is 0 Å². The van der Waals surface area contributed by atoms with E-state index in [9.17, 15) is 0 Å². The Morgan fingerprint density at radius 2 is 0.971 bits per heavy atom. The number of benzene rings is 5. The SMILES string of the molecule is c1ccc2nc(-c3ccc(-c4ccc(-n5c6ccccc6c6ccccc65)cc4)cc3)cnc2c1. The number of nitrogens with zero attached hydrogens (tertiary/aromatic N) is 3. The molecule has 0 saturated heterocycles. The van der Waals surface area contributed by atoms with E-state index in [1.165, 1.54) is 32.9 Å². The van der Waals surface area contributed by atoms with Crippen molar-refractivity contribution in [2.24, 2.45) is 0 Å². The average Bonchev–Trinajstić information content (AvgIpc) is 3.27. The highest BCUT2D eigenvalue weighted by atomic mass is 15.0. The van der Waals surface area contributed by atoms with E-state index in [0.29, 0.717) is 0 Å². The fraction of sp³-hybridized carbons (Fsp3) is 0. The van der Waals surface area contributed by atoms with Crippen LogP contribution < -0.4 is 0 Å². The van der Waals surface area contributed by atoms with Crippen molar-refractivity contribution in [2.75, 3.05) is 0 Å². The molecule has 5 aromatic carbocycles. The van der Waals surface area contributed by atoms with Crippen LogP contribution in [0.3, 0.4) is 0 Å². The minimum absolute atomic E-state index is 0.886. The largest absolute Gasteiger partial charge is 0.309 e. The lowest BCUT2D eigenvalue weighted by Gasteiger charge is -2.10. The number of fused-ring (bicyclic) bond motifs is 4. The second-order valence-electron chi connectivity index (χ2n) is 8.74. The highest BCUT2D eigenvalue weighted by molar-refractivity contribution is 6.09. The lowest BCUT2D eigenvalue weighted by molar-refractivity contribution is 1.18. The summed E-state index contributed by atoms with van der Waals surface area (Å²) < 4.78 is 2.34. The van der Waals surface area contributed by atoms with Crippen LogP contribution in [0, 0.1) is 0 Å². The lowest BCUT2D eigenvalue weighted by Crippen LogP contribution is -1.93. The molecule has 0 unspecified atom stereocenters. The third kappa shape index (κ3) is 3.29. The van der Waals surface area contributed by atoms with Gasteiger partial charge in [0.1, 0.15) is 0 Å². The highest BCUT2D eigenvalue weighted by Crippen LogP contribution is 2.32. The van der Waals surface area contributed by atoms with Crippen molar-refractivity contribution in [3.63, 3.8) is 0 Å². The summed E-state index contributed by atoms with van der Waals surface area (Å²) in [4.78, 5) is 9.32. The summed E-state index contributed by atoms with van der Waals surface area (Å²) in [6, 6.07) is 42.5. The molecule has 35 heavy (non-hydrogen) atoms. The van der Waals surface area contributed by atoms with Gasteiger partial charge in [-0.15, -0.1) is 0 Å². The van der Waals surface area contributed by atoms with Gasteiger partial charge < -0.3 is 4.57 Å². The number of para-hydroxylation sites is 4. The molecule has 2 heterocycles. The molecule has 7 aromatic rings. The number of rotatable bonds is 3. The summed E-state index contributed by atoms with van der Waals surface area (Å²) in [5.41, 5.74) is 9.75. The monoisotopic (exact) mass is 447 g/mol. The van der Waals surface area contributed by atoms with Crippen molar-refractivity contribution < 1.29 is 0 Å². The number of hydrogen-bond donors (Lipinski definition) is 0. The molecule has 3 heteroatoms. The van der Waals surface area contributed by atoms with E-state index in [2.05, 4.69) is 107 Å². The molecule has 0 aliphatic rings. The second-order valence-corrected chi connectivity index (χ2v) is 8.74. The molecule has 0 fully saturated rings. The van der Waals surface area contributed by atoms with E-state index >= 15 is 0 Å². The molecule has 0 bridgehead atoms. The maximum atomic E-state index is 4.77. The average molecular weight is 448 g/mol. The maximum Gasteiger partial charge on any atom is 0.0894 e. The van der Waals surface area contributed by atoms with Gasteiger partial charge in [-0.1, -0.05) is 84.9 Å². The molecular weight excluding hydrogens is 426 g/mol. The summed E-state index contributed by atoms with van der Waals surface area (Å²) in [7, 11) is 0. The van der Waals surface area contributed by atoms with Gasteiger partial charge in [0.15, 0.2) is 0 Å². The molecule has 0 radical (unpaired) electrons. The first-order chi connectivity index (χ1) is 17.3. The van der Waals surface area contributed by atoms with Crippen LogP contribution in [0.15, 0.2) is 128 Å². The topological polar surface area (TPSA) is 30.7 Å². The van der Waals surface area contributed by atoms with Crippen LogP contribution in [-0.2, 0) is 0 Å². The number of aromatic nitrogens is 3. The van der Waals surface area contributed by atoms with E-state index in [1.54, 1.807) is 0 Å². The maximum absolute atomic E-state index is 4.77. The van der Waals surface area contributed by atoms with Crippen molar-refractivity contribution in [2.45, 2.75) is 0 Å². The summed E-state index contributed by atoms with van der Waals surface area (Å²) in [6.45, 7) is 0. The molecule has 0 N–H and O–H groups in total. The third-order valence-corrected chi connectivity index (χ3v) is 6.67. The summed E-state index contributed by atoms with van der Waals surface area (Å²) in [5, 5.41) is 2.55. The molecule has 164 valence electrons. The van der Waals surface area contributed by atoms with Crippen molar-refractivity contribution in [1.82, 2.24) is 14.5 Å². The summed E-state index contributed by atoms with van der Waals surface area (Å²) >= 11 is 0. The van der Waals surface area contributed by atoms with E-state index in [4.69, 9.17) is 4.98 Å².